The zero-order valence-corrected chi connectivity index (χ0v) is 17.8. The van der Waals surface area contributed by atoms with Crippen molar-refractivity contribution in [2.75, 3.05) is 20.0 Å². The Labute approximate surface area is 179 Å². The third-order valence-electron chi connectivity index (χ3n) is 4.97. The van der Waals surface area contributed by atoms with Gasteiger partial charge in [0.25, 0.3) is 11.5 Å². The van der Waals surface area contributed by atoms with Crippen molar-refractivity contribution in [3.05, 3.63) is 34.1 Å². The Morgan fingerprint density at radius 2 is 2.10 bits per heavy atom. The Kier molecular flexibility index (Phi) is 7.36. The molecule has 1 aromatic carbocycles. The standard InChI is InChI=1S/C21H24N4O4S/c1-28-17-10-13(19-15(11-22)20(27)25-21(24-19)30-2)8-9-16(17)29-12-18(26)23-14-6-4-3-5-7-14/h8-10,14H,3-7,12H2,1-2H3,(H,23,26)(H,24,25,27). The van der Waals surface area contributed by atoms with E-state index in [1.54, 1.807) is 24.5 Å². The number of aromatic nitrogens is 2. The molecule has 1 aromatic heterocycles. The van der Waals surface area contributed by atoms with E-state index in [0.717, 1.165) is 25.7 Å². The average Bonchev–Trinajstić information content (AvgIpc) is 2.77. The first-order chi connectivity index (χ1) is 14.5. The molecule has 1 fully saturated rings. The van der Waals surface area contributed by atoms with E-state index in [4.69, 9.17) is 9.47 Å². The van der Waals surface area contributed by atoms with Crippen molar-refractivity contribution in [3.63, 3.8) is 0 Å². The molecule has 0 aliphatic heterocycles. The minimum absolute atomic E-state index is 0.0737. The molecule has 158 valence electrons. The van der Waals surface area contributed by atoms with E-state index in [9.17, 15) is 14.9 Å². The highest BCUT2D eigenvalue weighted by Gasteiger charge is 2.18. The largest absolute Gasteiger partial charge is 0.493 e. The van der Waals surface area contributed by atoms with Gasteiger partial charge in [-0.15, -0.1) is 0 Å². The number of carbonyl (C=O) groups is 1. The van der Waals surface area contributed by atoms with Gasteiger partial charge in [-0.05, 0) is 37.3 Å². The normalized spacial score (nSPS) is 14.0. The monoisotopic (exact) mass is 428 g/mol. The highest BCUT2D eigenvalue weighted by atomic mass is 32.2. The van der Waals surface area contributed by atoms with Crippen molar-refractivity contribution in [1.29, 1.82) is 5.26 Å². The topological polar surface area (TPSA) is 117 Å². The number of benzene rings is 1. The number of carbonyl (C=O) groups excluding carboxylic acids is 1. The number of ether oxygens (including phenoxy) is 2. The summed E-state index contributed by atoms with van der Waals surface area (Å²) in [5.74, 6) is 0.615. The number of nitrogens with zero attached hydrogens (tertiary/aromatic N) is 2. The van der Waals surface area contributed by atoms with Gasteiger partial charge in [0.15, 0.2) is 23.3 Å². The minimum Gasteiger partial charge on any atom is -0.493 e. The predicted molar refractivity (Wildman–Crippen MR) is 114 cm³/mol. The highest BCUT2D eigenvalue weighted by molar-refractivity contribution is 7.98. The van der Waals surface area contributed by atoms with Crippen LogP contribution >= 0.6 is 11.8 Å². The van der Waals surface area contributed by atoms with Crippen molar-refractivity contribution >= 4 is 17.7 Å². The number of aromatic amines is 1. The summed E-state index contributed by atoms with van der Waals surface area (Å²) in [5, 5.41) is 12.8. The maximum Gasteiger partial charge on any atom is 0.270 e. The highest BCUT2D eigenvalue weighted by Crippen LogP contribution is 2.33. The van der Waals surface area contributed by atoms with Gasteiger partial charge >= 0.3 is 0 Å². The molecule has 8 nitrogen and oxygen atoms in total. The Bertz CT molecular complexity index is 1010. The number of rotatable bonds is 7. The summed E-state index contributed by atoms with van der Waals surface area (Å²) in [6.07, 6.45) is 7.30. The van der Waals surface area contributed by atoms with Gasteiger partial charge in [0.1, 0.15) is 11.6 Å². The SMILES string of the molecule is COc1cc(-c2nc(SC)[nH]c(=O)c2C#N)ccc1OCC(=O)NC1CCCCC1. The molecule has 2 aromatic rings. The number of thioether (sulfide) groups is 1. The van der Waals surface area contributed by atoms with Gasteiger partial charge in [-0.25, -0.2) is 4.98 Å². The van der Waals surface area contributed by atoms with Gasteiger partial charge in [-0.2, -0.15) is 5.26 Å². The van der Waals surface area contributed by atoms with E-state index in [-0.39, 0.29) is 29.8 Å². The molecule has 1 aliphatic rings. The second kappa shape index (κ2) is 10.2. The van der Waals surface area contributed by atoms with E-state index in [2.05, 4.69) is 15.3 Å². The van der Waals surface area contributed by atoms with Crippen molar-refractivity contribution in [2.24, 2.45) is 0 Å². The van der Waals surface area contributed by atoms with Crippen LogP contribution in [0.15, 0.2) is 28.2 Å². The number of nitrogens with one attached hydrogen (secondary N) is 2. The number of H-pyrrole nitrogens is 1. The second-order valence-corrected chi connectivity index (χ2v) is 7.76. The van der Waals surface area contributed by atoms with Crippen molar-refractivity contribution in [3.8, 4) is 28.8 Å². The van der Waals surface area contributed by atoms with Crippen molar-refractivity contribution in [1.82, 2.24) is 15.3 Å². The summed E-state index contributed by atoms with van der Waals surface area (Å²) < 4.78 is 11.0. The smallest absolute Gasteiger partial charge is 0.270 e. The van der Waals surface area contributed by atoms with Gasteiger partial charge in [-0.1, -0.05) is 31.0 Å². The summed E-state index contributed by atoms with van der Waals surface area (Å²) in [6.45, 7) is -0.116. The first-order valence-electron chi connectivity index (χ1n) is 9.74. The number of nitriles is 1. The lowest BCUT2D eigenvalue weighted by molar-refractivity contribution is -0.124. The molecule has 30 heavy (non-hydrogen) atoms. The second-order valence-electron chi connectivity index (χ2n) is 6.97. The van der Waals surface area contributed by atoms with Gasteiger partial charge in [-0.3, -0.25) is 9.59 Å². The van der Waals surface area contributed by atoms with E-state index in [0.29, 0.717) is 22.2 Å². The van der Waals surface area contributed by atoms with E-state index in [1.807, 2.05) is 6.07 Å². The molecule has 0 bridgehead atoms. The summed E-state index contributed by atoms with van der Waals surface area (Å²) in [5.41, 5.74) is 0.246. The summed E-state index contributed by atoms with van der Waals surface area (Å²) in [4.78, 5) is 31.3. The van der Waals surface area contributed by atoms with E-state index >= 15 is 0 Å². The molecule has 0 atom stereocenters. The molecular weight excluding hydrogens is 404 g/mol. The number of methoxy groups -OCH3 is 1. The lowest BCUT2D eigenvalue weighted by Gasteiger charge is -2.22. The third-order valence-corrected chi connectivity index (χ3v) is 5.55. The molecular formula is C21H24N4O4S. The summed E-state index contributed by atoms with van der Waals surface area (Å²) in [6, 6.07) is 7.09. The van der Waals surface area contributed by atoms with Crippen LogP contribution in [0.3, 0.4) is 0 Å². The van der Waals surface area contributed by atoms with Gasteiger partial charge < -0.3 is 19.8 Å². The lowest BCUT2D eigenvalue weighted by Crippen LogP contribution is -2.39. The first kappa shape index (κ1) is 21.7. The number of amides is 1. The zero-order valence-electron chi connectivity index (χ0n) is 17.0. The maximum absolute atomic E-state index is 12.2. The predicted octanol–water partition coefficient (Wildman–Crippen LogP) is 2.87. The van der Waals surface area contributed by atoms with Gasteiger partial charge in [0, 0.05) is 11.6 Å². The van der Waals surface area contributed by atoms with E-state index in [1.165, 1.54) is 25.3 Å². The Morgan fingerprint density at radius 3 is 2.77 bits per heavy atom. The maximum atomic E-state index is 12.2. The fraction of sp³-hybridized carbons (Fsp3) is 0.429. The first-order valence-corrected chi connectivity index (χ1v) is 11.0. The third kappa shape index (κ3) is 5.13. The van der Waals surface area contributed by atoms with Crippen molar-refractivity contribution < 1.29 is 14.3 Å². The van der Waals surface area contributed by atoms with Gasteiger partial charge in [0.2, 0.25) is 0 Å². The lowest BCUT2D eigenvalue weighted by atomic mass is 9.95. The zero-order chi connectivity index (χ0) is 21.5. The molecule has 1 amide bonds. The fourth-order valence-corrected chi connectivity index (χ4v) is 3.83. The van der Waals surface area contributed by atoms with Crippen LogP contribution in [0.4, 0.5) is 0 Å². The fourth-order valence-electron chi connectivity index (χ4n) is 3.46. The molecule has 1 aliphatic carbocycles. The Hall–Kier alpha value is -2.99. The van der Waals surface area contributed by atoms with Gasteiger partial charge in [0.05, 0.1) is 12.8 Å². The van der Waals surface area contributed by atoms with Crippen LogP contribution in [0.1, 0.15) is 37.7 Å². The molecule has 0 unspecified atom stereocenters. The molecule has 1 saturated carbocycles. The molecule has 0 saturated heterocycles. The van der Waals surface area contributed by atoms with Crippen LogP contribution < -0.4 is 20.3 Å². The molecule has 2 N–H and O–H groups in total. The summed E-state index contributed by atoms with van der Waals surface area (Å²) in [7, 11) is 1.48. The minimum atomic E-state index is -0.495. The Balaban J connectivity index is 1.77. The summed E-state index contributed by atoms with van der Waals surface area (Å²) >= 11 is 1.27. The van der Waals surface area contributed by atoms with Crippen molar-refractivity contribution in [2.45, 2.75) is 43.3 Å². The van der Waals surface area contributed by atoms with Crippen LogP contribution in [0.2, 0.25) is 0 Å². The van der Waals surface area contributed by atoms with E-state index < -0.39 is 5.56 Å². The quantitative estimate of drug-likeness (QED) is 0.514. The molecule has 0 spiro atoms. The molecule has 9 heteroatoms. The number of hydrogen-bond donors (Lipinski definition) is 2. The van der Waals surface area contributed by atoms with Crippen LogP contribution in [-0.4, -0.2) is 41.9 Å². The molecule has 0 radical (unpaired) electrons. The van der Waals surface area contributed by atoms with Crippen LogP contribution in [0.5, 0.6) is 11.5 Å². The van der Waals surface area contributed by atoms with Crippen LogP contribution in [0.25, 0.3) is 11.3 Å². The molecule has 1 heterocycles. The number of hydrogen-bond acceptors (Lipinski definition) is 7. The van der Waals surface area contributed by atoms with Crippen LogP contribution in [0, 0.1) is 11.3 Å². The molecule has 3 rings (SSSR count). The van der Waals surface area contributed by atoms with Crippen LogP contribution in [-0.2, 0) is 4.79 Å². The Morgan fingerprint density at radius 1 is 1.33 bits per heavy atom. The average molecular weight is 429 g/mol.